The molecule has 0 fully saturated rings. The Kier molecular flexibility index (Phi) is 6.40. The van der Waals surface area contributed by atoms with E-state index >= 15 is 0 Å². The first-order chi connectivity index (χ1) is 16.1. The van der Waals surface area contributed by atoms with Crippen molar-refractivity contribution in [1.29, 1.82) is 0 Å². The molecule has 0 N–H and O–H groups in total. The summed E-state index contributed by atoms with van der Waals surface area (Å²) in [5.74, 6) is 2.72. The zero-order chi connectivity index (χ0) is 23.4. The lowest BCUT2D eigenvalue weighted by molar-refractivity contribution is 0.0964. The van der Waals surface area contributed by atoms with Gasteiger partial charge in [0.05, 0.1) is 40.2 Å². The van der Waals surface area contributed by atoms with E-state index in [2.05, 4.69) is 0 Å². The van der Waals surface area contributed by atoms with Crippen molar-refractivity contribution in [3.05, 3.63) is 78.0 Å². The number of fused-ring (bicyclic) bond motifs is 1. The summed E-state index contributed by atoms with van der Waals surface area (Å²) in [6.07, 6.45) is 1.71. The molecule has 170 valence electrons. The fourth-order valence-electron chi connectivity index (χ4n) is 3.74. The molecule has 0 aliphatic carbocycles. The van der Waals surface area contributed by atoms with Crippen LogP contribution in [0.5, 0.6) is 28.7 Å². The number of carbonyl (C=O) groups is 1. The molecule has 0 aliphatic heterocycles. The van der Waals surface area contributed by atoms with Crippen molar-refractivity contribution in [3.63, 3.8) is 0 Å². The third kappa shape index (κ3) is 4.17. The molecule has 0 spiro atoms. The number of benzene rings is 3. The molecule has 0 amide bonds. The highest BCUT2D eigenvalue weighted by Gasteiger charge is 2.19. The summed E-state index contributed by atoms with van der Waals surface area (Å²) < 4.78 is 29.3. The van der Waals surface area contributed by atoms with Gasteiger partial charge < -0.3 is 23.7 Å². The van der Waals surface area contributed by atoms with Crippen molar-refractivity contribution in [1.82, 2.24) is 4.57 Å². The zero-order valence-corrected chi connectivity index (χ0v) is 19.0. The van der Waals surface area contributed by atoms with Gasteiger partial charge in [0.2, 0.25) is 5.75 Å². The summed E-state index contributed by atoms with van der Waals surface area (Å²) >= 11 is 0. The van der Waals surface area contributed by atoms with Crippen molar-refractivity contribution in [2.45, 2.75) is 6.61 Å². The van der Waals surface area contributed by atoms with Gasteiger partial charge in [-0.3, -0.25) is 9.36 Å². The summed E-state index contributed by atoms with van der Waals surface area (Å²) in [4.78, 5) is 13.2. The van der Waals surface area contributed by atoms with Crippen molar-refractivity contribution in [3.8, 4) is 28.7 Å². The molecule has 4 aromatic rings. The van der Waals surface area contributed by atoms with Gasteiger partial charge in [-0.15, -0.1) is 0 Å². The summed E-state index contributed by atoms with van der Waals surface area (Å²) in [5.41, 5.74) is 2.09. The minimum absolute atomic E-state index is 0.160. The average molecular weight is 447 g/mol. The van der Waals surface area contributed by atoms with Crippen LogP contribution in [-0.4, -0.2) is 38.9 Å². The minimum atomic E-state index is -0.160. The Morgan fingerprint density at radius 3 is 2.15 bits per heavy atom. The number of aromatic nitrogens is 1. The molecule has 0 saturated carbocycles. The summed E-state index contributed by atoms with van der Waals surface area (Å²) in [5, 5.41) is 0.832. The molecule has 0 unspecified atom stereocenters. The second-order valence-corrected chi connectivity index (χ2v) is 7.20. The third-order valence-electron chi connectivity index (χ3n) is 5.40. The molecule has 0 aliphatic rings. The Hall–Kier alpha value is -4.13. The van der Waals surface area contributed by atoms with Crippen molar-refractivity contribution in [2.24, 2.45) is 0 Å². The van der Waals surface area contributed by atoms with Crippen LogP contribution in [0.3, 0.4) is 0 Å². The second-order valence-electron chi connectivity index (χ2n) is 7.20. The van der Waals surface area contributed by atoms with Crippen LogP contribution in [0.1, 0.15) is 15.9 Å². The van der Waals surface area contributed by atoms with E-state index in [-0.39, 0.29) is 12.5 Å². The molecule has 4 rings (SSSR count). The van der Waals surface area contributed by atoms with Crippen LogP contribution in [0.4, 0.5) is 0 Å². The van der Waals surface area contributed by atoms with Crippen LogP contribution in [0.25, 0.3) is 10.9 Å². The molecular formula is C26H25NO6. The zero-order valence-electron chi connectivity index (χ0n) is 19.0. The Bertz CT molecular complexity index is 1280. The number of hydrogen-bond donors (Lipinski definition) is 0. The van der Waals surface area contributed by atoms with Gasteiger partial charge in [0.25, 0.3) is 5.91 Å². The maximum Gasteiger partial charge on any atom is 0.262 e. The summed E-state index contributed by atoms with van der Waals surface area (Å²) in [6, 6.07) is 18.3. The number of methoxy groups -OCH3 is 4. The first kappa shape index (κ1) is 22.1. The quantitative estimate of drug-likeness (QED) is 0.381. The fourth-order valence-corrected chi connectivity index (χ4v) is 3.74. The fraction of sp³-hybridized carbons (Fsp3) is 0.192. The van der Waals surface area contributed by atoms with E-state index in [1.54, 1.807) is 69.5 Å². The highest BCUT2D eigenvalue weighted by molar-refractivity contribution is 6.03. The molecule has 7 nitrogen and oxygen atoms in total. The Labute approximate surface area is 192 Å². The lowest BCUT2D eigenvalue weighted by atomic mass is 10.1. The van der Waals surface area contributed by atoms with Crippen molar-refractivity contribution >= 4 is 16.8 Å². The summed E-state index contributed by atoms with van der Waals surface area (Å²) in [7, 11) is 6.29. The summed E-state index contributed by atoms with van der Waals surface area (Å²) in [6.45, 7) is 0.217. The topological polar surface area (TPSA) is 68.2 Å². The molecule has 33 heavy (non-hydrogen) atoms. The van der Waals surface area contributed by atoms with Gasteiger partial charge in [0.1, 0.15) is 18.1 Å². The lowest BCUT2D eigenvalue weighted by Crippen LogP contribution is -2.10. The van der Waals surface area contributed by atoms with Gasteiger partial charge in [-0.25, -0.2) is 0 Å². The van der Waals surface area contributed by atoms with Crippen LogP contribution in [-0.2, 0) is 6.61 Å². The second kappa shape index (κ2) is 9.56. The van der Waals surface area contributed by atoms with E-state index in [4.69, 9.17) is 23.7 Å². The first-order valence-electron chi connectivity index (χ1n) is 10.3. The SMILES string of the molecule is COc1ccc(C(=O)n2cc(OCc3ccc(OC)c(OC)c3OC)c3ccccc32)cc1. The Morgan fingerprint density at radius 1 is 0.758 bits per heavy atom. The van der Waals surface area contributed by atoms with Gasteiger partial charge in [-0.05, 0) is 48.5 Å². The van der Waals surface area contributed by atoms with Gasteiger partial charge in [0.15, 0.2) is 11.5 Å². The normalized spacial score (nSPS) is 10.7. The highest BCUT2D eigenvalue weighted by Crippen LogP contribution is 2.40. The molecule has 0 bridgehead atoms. The van der Waals surface area contributed by atoms with Gasteiger partial charge in [-0.2, -0.15) is 0 Å². The first-order valence-corrected chi connectivity index (χ1v) is 10.3. The molecule has 7 heteroatoms. The molecule has 0 saturated heterocycles. The molecule has 1 aromatic heterocycles. The third-order valence-corrected chi connectivity index (χ3v) is 5.40. The number of carbonyl (C=O) groups excluding carboxylic acids is 1. The van der Waals surface area contributed by atoms with Crippen molar-refractivity contribution in [2.75, 3.05) is 28.4 Å². The van der Waals surface area contributed by atoms with Gasteiger partial charge >= 0.3 is 0 Å². The van der Waals surface area contributed by atoms with E-state index in [1.807, 2.05) is 30.3 Å². The van der Waals surface area contributed by atoms with E-state index in [0.717, 1.165) is 16.5 Å². The molecule has 1 heterocycles. The number of ether oxygens (including phenoxy) is 5. The van der Waals surface area contributed by atoms with Gasteiger partial charge in [0, 0.05) is 16.5 Å². The van der Waals surface area contributed by atoms with Crippen LogP contribution in [0.15, 0.2) is 66.9 Å². The number of para-hydroxylation sites is 1. The van der Waals surface area contributed by atoms with E-state index in [1.165, 1.54) is 0 Å². The standard InChI is InChI=1S/C26H25NO6/c1-29-19-12-9-17(10-13-19)26(28)27-15-23(20-7-5-6-8-21(20)27)33-16-18-11-14-22(30-2)25(32-4)24(18)31-3/h5-15H,16H2,1-4H3. The lowest BCUT2D eigenvalue weighted by Gasteiger charge is -2.16. The van der Waals surface area contributed by atoms with Crippen LogP contribution >= 0.6 is 0 Å². The molecule has 3 aromatic carbocycles. The van der Waals surface area contributed by atoms with E-state index < -0.39 is 0 Å². The Balaban J connectivity index is 1.67. The minimum Gasteiger partial charge on any atom is -0.497 e. The van der Waals surface area contributed by atoms with E-state index in [0.29, 0.717) is 34.3 Å². The maximum atomic E-state index is 13.2. The number of rotatable bonds is 8. The molecular weight excluding hydrogens is 422 g/mol. The monoisotopic (exact) mass is 447 g/mol. The maximum absolute atomic E-state index is 13.2. The van der Waals surface area contributed by atoms with E-state index in [9.17, 15) is 4.79 Å². The molecule has 0 atom stereocenters. The predicted octanol–water partition coefficient (Wildman–Crippen LogP) is 4.94. The van der Waals surface area contributed by atoms with Crippen LogP contribution in [0.2, 0.25) is 0 Å². The van der Waals surface area contributed by atoms with Gasteiger partial charge in [-0.1, -0.05) is 12.1 Å². The Morgan fingerprint density at radius 2 is 1.48 bits per heavy atom. The number of hydrogen-bond acceptors (Lipinski definition) is 6. The average Bonchev–Trinajstić information content (AvgIpc) is 3.25. The molecule has 0 radical (unpaired) electrons. The highest BCUT2D eigenvalue weighted by atomic mass is 16.5. The van der Waals surface area contributed by atoms with Crippen molar-refractivity contribution < 1.29 is 28.5 Å². The largest absolute Gasteiger partial charge is 0.497 e. The number of nitrogens with zero attached hydrogens (tertiary/aromatic N) is 1. The van der Waals surface area contributed by atoms with Crippen LogP contribution < -0.4 is 23.7 Å². The smallest absolute Gasteiger partial charge is 0.262 e. The van der Waals surface area contributed by atoms with Crippen LogP contribution in [0, 0.1) is 0 Å². The predicted molar refractivity (Wildman–Crippen MR) is 125 cm³/mol.